The van der Waals surface area contributed by atoms with Gasteiger partial charge in [0, 0.05) is 61.1 Å². The second kappa shape index (κ2) is 13.1. The van der Waals surface area contributed by atoms with Crippen molar-refractivity contribution in [2.24, 2.45) is 0 Å². The number of pyridine rings is 1. The Morgan fingerprint density at radius 3 is 2.40 bits per heavy atom. The molecule has 1 fully saturated rings. The van der Waals surface area contributed by atoms with Crippen molar-refractivity contribution < 1.29 is 14.3 Å². The summed E-state index contributed by atoms with van der Waals surface area (Å²) in [5.74, 6) is 0.0507. The van der Waals surface area contributed by atoms with E-state index in [4.69, 9.17) is 16.3 Å². The first-order valence-electron chi connectivity index (χ1n) is 13.8. The molecule has 0 saturated carbocycles. The molecule has 216 valence electrons. The van der Waals surface area contributed by atoms with Gasteiger partial charge < -0.3 is 24.8 Å². The Bertz CT molecular complexity index is 1550. The van der Waals surface area contributed by atoms with Gasteiger partial charge in [0.25, 0.3) is 11.8 Å². The molecule has 1 aliphatic heterocycles. The Hall–Kier alpha value is -4.40. The van der Waals surface area contributed by atoms with Crippen molar-refractivity contribution in [3.8, 4) is 5.75 Å². The number of halogens is 1. The van der Waals surface area contributed by atoms with E-state index >= 15 is 0 Å². The molecule has 9 heteroatoms. The number of nitrogens with zero attached hydrogens (tertiary/aromatic N) is 4. The molecule has 0 spiro atoms. The van der Waals surface area contributed by atoms with Crippen LogP contribution in [-0.4, -0.2) is 62.0 Å². The van der Waals surface area contributed by atoms with Crippen molar-refractivity contribution in [1.29, 1.82) is 0 Å². The molecule has 1 saturated heterocycles. The molecule has 0 bridgehead atoms. The summed E-state index contributed by atoms with van der Waals surface area (Å²) >= 11 is 6.29. The summed E-state index contributed by atoms with van der Waals surface area (Å²) in [6.07, 6.45) is 1.88. The monoisotopic (exact) mass is 583 g/mol. The fourth-order valence-corrected chi connectivity index (χ4v) is 4.97. The largest absolute Gasteiger partial charge is 0.485 e. The fourth-order valence-electron chi connectivity index (χ4n) is 4.81. The zero-order valence-corrected chi connectivity index (χ0v) is 24.8. The van der Waals surface area contributed by atoms with E-state index in [1.54, 1.807) is 55.6 Å². The second-order valence-electron chi connectivity index (χ2n) is 10.4. The van der Waals surface area contributed by atoms with E-state index < -0.39 is 0 Å². The number of anilines is 3. The van der Waals surface area contributed by atoms with Crippen LogP contribution in [0.15, 0.2) is 85.1 Å². The van der Waals surface area contributed by atoms with E-state index in [-0.39, 0.29) is 18.4 Å². The number of hydrogen-bond acceptors (Lipinski definition) is 6. The van der Waals surface area contributed by atoms with E-state index in [1.807, 2.05) is 37.4 Å². The molecule has 5 rings (SSSR count). The molecule has 2 amide bonds. The highest BCUT2D eigenvalue weighted by atomic mass is 35.5. The normalized spacial score (nSPS) is 13.5. The third-order valence-electron chi connectivity index (χ3n) is 7.42. The number of carbonyl (C=O) groups is 2. The predicted molar refractivity (Wildman–Crippen MR) is 168 cm³/mol. The Morgan fingerprint density at radius 2 is 1.71 bits per heavy atom. The molecular formula is C33H34ClN5O3. The molecule has 1 N–H and O–H groups in total. The molecule has 1 aliphatic rings. The minimum atomic E-state index is -0.228. The molecule has 0 aliphatic carbocycles. The van der Waals surface area contributed by atoms with Gasteiger partial charge in [0.15, 0.2) is 0 Å². The van der Waals surface area contributed by atoms with Gasteiger partial charge in [0.1, 0.15) is 12.4 Å². The maximum absolute atomic E-state index is 13.4. The number of likely N-dealkylation sites (N-methyl/N-ethyl adjacent to an activating group) is 1. The van der Waals surface area contributed by atoms with Crippen LogP contribution in [0.25, 0.3) is 0 Å². The molecule has 0 atom stereocenters. The number of nitrogens with one attached hydrogen (secondary N) is 1. The number of piperazine rings is 1. The third-order valence-corrected chi connectivity index (χ3v) is 7.66. The average molecular weight is 584 g/mol. The van der Waals surface area contributed by atoms with Crippen LogP contribution in [0.5, 0.6) is 5.75 Å². The number of amides is 2. The Labute approximate surface area is 251 Å². The van der Waals surface area contributed by atoms with Gasteiger partial charge in [-0.2, -0.15) is 0 Å². The number of rotatable bonds is 8. The van der Waals surface area contributed by atoms with Crippen LogP contribution in [-0.2, 0) is 6.61 Å². The number of benzene rings is 3. The molecule has 3 aromatic carbocycles. The maximum atomic E-state index is 13.4. The zero-order chi connectivity index (χ0) is 29.6. The molecule has 2 heterocycles. The average Bonchev–Trinajstić information content (AvgIpc) is 3.00. The second-order valence-corrected chi connectivity index (χ2v) is 10.8. The molecule has 0 unspecified atom stereocenters. The van der Waals surface area contributed by atoms with Gasteiger partial charge in [-0.05, 0) is 74.1 Å². The van der Waals surface area contributed by atoms with Gasteiger partial charge in [0.2, 0.25) is 0 Å². The van der Waals surface area contributed by atoms with Gasteiger partial charge in [0.05, 0.1) is 23.3 Å². The minimum Gasteiger partial charge on any atom is -0.485 e. The summed E-state index contributed by atoms with van der Waals surface area (Å²) in [5.41, 5.74) is 5.02. The van der Waals surface area contributed by atoms with Crippen LogP contribution in [0.3, 0.4) is 0 Å². The first-order chi connectivity index (χ1) is 20.3. The summed E-state index contributed by atoms with van der Waals surface area (Å²) in [5, 5.41) is 3.39. The molecule has 4 aromatic rings. The van der Waals surface area contributed by atoms with Gasteiger partial charge in [-0.1, -0.05) is 29.8 Å². The molecular weight excluding hydrogens is 550 g/mol. The lowest BCUT2D eigenvalue weighted by Crippen LogP contribution is -2.44. The Morgan fingerprint density at radius 1 is 0.976 bits per heavy atom. The number of aryl methyl sites for hydroxylation is 1. The van der Waals surface area contributed by atoms with E-state index in [1.165, 1.54) is 4.90 Å². The van der Waals surface area contributed by atoms with Gasteiger partial charge in [-0.15, -0.1) is 0 Å². The lowest BCUT2D eigenvalue weighted by atomic mass is 10.1. The quantitative estimate of drug-likeness (QED) is 0.278. The molecule has 0 radical (unpaired) electrons. The number of aromatic nitrogens is 1. The summed E-state index contributed by atoms with van der Waals surface area (Å²) < 4.78 is 6.12. The number of carbonyl (C=O) groups excluding carboxylic acids is 2. The molecule has 8 nitrogen and oxygen atoms in total. The highest BCUT2D eigenvalue weighted by Gasteiger charge is 2.19. The van der Waals surface area contributed by atoms with Crippen molar-refractivity contribution in [1.82, 2.24) is 9.88 Å². The first-order valence-corrected chi connectivity index (χ1v) is 14.2. The van der Waals surface area contributed by atoms with Crippen LogP contribution in [0.4, 0.5) is 17.1 Å². The summed E-state index contributed by atoms with van der Waals surface area (Å²) in [6, 6.07) is 23.4. The highest BCUT2D eigenvalue weighted by molar-refractivity contribution is 6.30. The zero-order valence-electron chi connectivity index (χ0n) is 24.0. The van der Waals surface area contributed by atoms with Gasteiger partial charge in [-0.3, -0.25) is 14.6 Å². The van der Waals surface area contributed by atoms with Crippen LogP contribution in [0.1, 0.15) is 32.0 Å². The Kier molecular flexibility index (Phi) is 9.05. The van der Waals surface area contributed by atoms with Crippen LogP contribution in [0.2, 0.25) is 5.02 Å². The highest BCUT2D eigenvalue weighted by Crippen LogP contribution is 2.32. The first kappa shape index (κ1) is 29.1. The van der Waals surface area contributed by atoms with Crippen LogP contribution in [0, 0.1) is 6.92 Å². The van der Waals surface area contributed by atoms with Crippen molar-refractivity contribution in [3.05, 3.63) is 112 Å². The summed E-state index contributed by atoms with van der Waals surface area (Å²) in [7, 11) is 3.83. The minimum absolute atomic E-state index is 0.198. The smallest absolute Gasteiger partial charge is 0.258 e. The standard InChI is InChI=1S/C33H34ClN5O3/c1-23-6-4-5-7-29(23)32(40)36-26-11-8-24(9-12-26)33(41)38(3)30-15-10-25(34)20-31(30)42-22-27-13-14-28(21-35-27)39-18-16-37(2)17-19-39/h4-15,20-21H,16-19,22H2,1-3H3,(H,36,40). The number of ether oxygens (including phenoxy) is 1. The van der Waals surface area contributed by atoms with Crippen molar-refractivity contribution in [2.45, 2.75) is 13.5 Å². The Balaban J connectivity index is 1.23. The van der Waals surface area contributed by atoms with Crippen LogP contribution >= 0.6 is 11.6 Å². The van der Waals surface area contributed by atoms with Crippen molar-refractivity contribution >= 4 is 40.5 Å². The van der Waals surface area contributed by atoms with E-state index in [0.717, 1.165) is 43.1 Å². The topological polar surface area (TPSA) is 78.0 Å². The van der Waals surface area contributed by atoms with Gasteiger partial charge >= 0.3 is 0 Å². The maximum Gasteiger partial charge on any atom is 0.258 e. The fraction of sp³-hybridized carbons (Fsp3) is 0.242. The van der Waals surface area contributed by atoms with Gasteiger partial charge in [-0.25, -0.2) is 0 Å². The summed E-state index contributed by atoms with van der Waals surface area (Å²) in [4.78, 5) is 36.8. The predicted octanol–water partition coefficient (Wildman–Crippen LogP) is 5.90. The molecule has 42 heavy (non-hydrogen) atoms. The molecule has 1 aromatic heterocycles. The SMILES string of the molecule is Cc1ccccc1C(=O)Nc1ccc(C(=O)N(C)c2ccc(Cl)cc2OCc2ccc(N3CCN(C)CC3)cn2)cc1. The van der Waals surface area contributed by atoms with E-state index in [9.17, 15) is 9.59 Å². The summed E-state index contributed by atoms with van der Waals surface area (Å²) in [6.45, 7) is 6.14. The lowest BCUT2D eigenvalue weighted by molar-refractivity contribution is 0.0990. The van der Waals surface area contributed by atoms with Crippen molar-refractivity contribution in [3.63, 3.8) is 0 Å². The number of hydrogen-bond donors (Lipinski definition) is 1. The van der Waals surface area contributed by atoms with Crippen LogP contribution < -0.4 is 19.9 Å². The van der Waals surface area contributed by atoms with Crippen molar-refractivity contribution in [2.75, 3.05) is 55.4 Å². The third kappa shape index (κ3) is 6.90. The van der Waals surface area contributed by atoms with E-state index in [0.29, 0.717) is 33.3 Å². The van der Waals surface area contributed by atoms with E-state index in [2.05, 4.69) is 33.2 Å². The lowest BCUT2D eigenvalue weighted by Gasteiger charge is -2.33.